The molecule has 184 valence electrons. The minimum Gasteiger partial charge on any atom is -0.497 e. The zero-order valence-corrected chi connectivity index (χ0v) is 21.0. The highest BCUT2D eigenvalue weighted by atomic mass is 32.2. The number of hydrogen-bond donors (Lipinski definition) is 2. The molecule has 1 aliphatic heterocycles. The number of carbonyl (C=O) groups excluding carboxylic acids is 1. The first-order valence-electron chi connectivity index (χ1n) is 11.3. The molecule has 7 nitrogen and oxygen atoms in total. The number of thiophene rings is 1. The maximum atomic E-state index is 13.7. The van der Waals surface area contributed by atoms with Crippen LogP contribution in [0, 0.1) is 0 Å². The van der Waals surface area contributed by atoms with Crippen LogP contribution in [-0.2, 0) is 21.2 Å². The predicted octanol–water partition coefficient (Wildman–Crippen LogP) is 4.45. The Hall–Kier alpha value is -2.98. The van der Waals surface area contributed by atoms with Crippen LogP contribution in [-0.4, -0.2) is 43.5 Å². The van der Waals surface area contributed by atoms with Crippen molar-refractivity contribution in [1.29, 1.82) is 0 Å². The quantitative estimate of drug-likeness (QED) is 0.343. The second-order valence-electron chi connectivity index (χ2n) is 8.26. The summed E-state index contributed by atoms with van der Waals surface area (Å²) in [6.45, 7) is 0.135. The molecule has 0 bridgehead atoms. The van der Waals surface area contributed by atoms with Crippen molar-refractivity contribution in [2.45, 2.75) is 36.1 Å². The van der Waals surface area contributed by atoms with E-state index in [0.717, 1.165) is 16.0 Å². The summed E-state index contributed by atoms with van der Waals surface area (Å²) in [7, 11) is -2.52. The molecule has 2 N–H and O–H groups in total. The summed E-state index contributed by atoms with van der Waals surface area (Å²) < 4.78 is 33.8. The van der Waals surface area contributed by atoms with E-state index in [4.69, 9.17) is 4.74 Å². The van der Waals surface area contributed by atoms with Gasteiger partial charge in [0.2, 0.25) is 10.0 Å². The molecule has 0 saturated heterocycles. The highest BCUT2D eigenvalue weighted by Crippen LogP contribution is 2.39. The molecular weight excluding hydrogens is 484 g/mol. The number of fused-ring (bicyclic) bond motifs is 1. The van der Waals surface area contributed by atoms with Crippen LogP contribution in [0.4, 0.5) is 0 Å². The van der Waals surface area contributed by atoms with Crippen LogP contribution >= 0.6 is 11.3 Å². The number of benzene rings is 2. The SMILES string of the molecule is COc1ccc(S(=O)(=O)N2CCc3sccc3C(CCC=Cc3ccccc3)C2C(=O)NO)cc1. The third kappa shape index (κ3) is 5.48. The number of rotatable bonds is 8. The maximum absolute atomic E-state index is 13.7. The zero-order valence-electron chi connectivity index (χ0n) is 19.3. The molecular formula is C26H28N2O5S2. The Morgan fingerprint density at radius 1 is 1.17 bits per heavy atom. The predicted molar refractivity (Wildman–Crippen MR) is 136 cm³/mol. The molecule has 0 radical (unpaired) electrons. The van der Waals surface area contributed by atoms with E-state index >= 15 is 0 Å². The number of carbonyl (C=O) groups is 1. The van der Waals surface area contributed by atoms with E-state index in [1.807, 2.05) is 53.9 Å². The number of nitrogens with zero attached hydrogens (tertiary/aromatic N) is 1. The van der Waals surface area contributed by atoms with Crippen molar-refractivity contribution in [3.05, 3.63) is 88.1 Å². The van der Waals surface area contributed by atoms with Crippen molar-refractivity contribution >= 4 is 33.3 Å². The minimum absolute atomic E-state index is 0.0713. The Morgan fingerprint density at radius 2 is 1.91 bits per heavy atom. The highest BCUT2D eigenvalue weighted by molar-refractivity contribution is 7.89. The average Bonchev–Trinajstić information content (AvgIpc) is 3.29. The monoisotopic (exact) mass is 512 g/mol. The molecule has 0 fully saturated rings. The van der Waals surface area contributed by atoms with E-state index in [9.17, 15) is 18.4 Å². The van der Waals surface area contributed by atoms with Crippen molar-refractivity contribution in [2.24, 2.45) is 0 Å². The van der Waals surface area contributed by atoms with Gasteiger partial charge in [0.1, 0.15) is 11.8 Å². The molecule has 35 heavy (non-hydrogen) atoms. The molecule has 2 atom stereocenters. The Kier molecular flexibility index (Phi) is 8.02. The van der Waals surface area contributed by atoms with E-state index < -0.39 is 27.9 Å². The summed E-state index contributed by atoms with van der Waals surface area (Å²) in [5, 5.41) is 11.6. The fraction of sp³-hybridized carbons (Fsp3) is 0.269. The third-order valence-corrected chi connectivity index (χ3v) is 9.12. The van der Waals surface area contributed by atoms with E-state index in [1.165, 1.54) is 23.5 Å². The highest BCUT2D eigenvalue weighted by Gasteiger charge is 2.43. The topological polar surface area (TPSA) is 95.9 Å². The molecule has 9 heteroatoms. The van der Waals surface area contributed by atoms with Gasteiger partial charge in [-0.2, -0.15) is 4.31 Å². The van der Waals surface area contributed by atoms with Crippen molar-refractivity contribution < 1.29 is 23.2 Å². The van der Waals surface area contributed by atoms with Gasteiger partial charge in [0.25, 0.3) is 5.91 Å². The lowest BCUT2D eigenvalue weighted by Gasteiger charge is -2.32. The number of ether oxygens (including phenoxy) is 1. The van der Waals surface area contributed by atoms with E-state index in [2.05, 4.69) is 0 Å². The average molecular weight is 513 g/mol. The molecule has 3 aromatic rings. The standard InChI is InChI=1S/C26H28N2O5S2/c1-33-20-11-13-21(14-12-20)35(31,32)28-17-15-24-22(16-18-34-24)23(25(28)26(29)27-30)10-6-5-9-19-7-3-2-4-8-19/h2-5,7-9,11-14,16,18,23,25,30H,6,10,15,17H2,1H3,(H,27,29). The van der Waals surface area contributed by atoms with Crippen LogP contribution in [0.3, 0.4) is 0 Å². The lowest BCUT2D eigenvalue weighted by molar-refractivity contribution is -0.134. The molecule has 1 aliphatic rings. The van der Waals surface area contributed by atoms with Crippen molar-refractivity contribution in [2.75, 3.05) is 13.7 Å². The fourth-order valence-corrected chi connectivity index (χ4v) is 7.08. The van der Waals surface area contributed by atoms with Gasteiger partial charge in [-0.1, -0.05) is 42.5 Å². The Labute approximate surface area is 209 Å². The summed E-state index contributed by atoms with van der Waals surface area (Å²) in [5.41, 5.74) is 3.75. The number of hydroxylamine groups is 1. The first-order valence-corrected chi connectivity index (χ1v) is 13.7. The van der Waals surface area contributed by atoms with E-state index in [-0.39, 0.29) is 11.4 Å². The van der Waals surface area contributed by atoms with Crippen molar-refractivity contribution in [3.63, 3.8) is 0 Å². The van der Waals surface area contributed by atoms with Crippen molar-refractivity contribution in [1.82, 2.24) is 9.79 Å². The maximum Gasteiger partial charge on any atom is 0.262 e. The van der Waals surface area contributed by atoms with Crippen LogP contribution in [0.25, 0.3) is 6.08 Å². The van der Waals surface area contributed by atoms with Gasteiger partial charge in [-0.3, -0.25) is 10.0 Å². The Balaban J connectivity index is 1.68. The molecule has 2 aromatic carbocycles. The second kappa shape index (κ2) is 11.2. The molecule has 1 aromatic heterocycles. The van der Waals surface area contributed by atoms with Gasteiger partial charge in [-0.25, -0.2) is 13.9 Å². The largest absolute Gasteiger partial charge is 0.497 e. The summed E-state index contributed by atoms with van der Waals surface area (Å²) in [4.78, 5) is 14.1. The number of nitrogens with one attached hydrogen (secondary N) is 1. The summed E-state index contributed by atoms with van der Waals surface area (Å²) >= 11 is 1.56. The van der Waals surface area contributed by atoms with Crippen LogP contribution in [0.2, 0.25) is 0 Å². The molecule has 0 saturated carbocycles. The van der Waals surface area contributed by atoms with Gasteiger partial charge in [-0.05, 0) is 66.1 Å². The first-order chi connectivity index (χ1) is 17.0. The van der Waals surface area contributed by atoms with E-state index in [1.54, 1.807) is 28.9 Å². The van der Waals surface area contributed by atoms with E-state index in [0.29, 0.717) is 25.0 Å². The second-order valence-corrected chi connectivity index (χ2v) is 11.1. The fourth-order valence-electron chi connectivity index (χ4n) is 4.51. The Morgan fingerprint density at radius 3 is 2.60 bits per heavy atom. The van der Waals surface area contributed by atoms with Crippen LogP contribution in [0.5, 0.6) is 5.75 Å². The summed E-state index contributed by atoms with van der Waals surface area (Å²) in [6, 6.07) is 16.9. The van der Waals surface area contributed by atoms with Gasteiger partial charge >= 0.3 is 0 Å². The molecule has 0 spiro atoms. The zero-order chi connectivity index (χ0) is 24.8. The Bertz CT molecular complexity index is 1270. The molecule has 2 heterocycles. The van der Waals surface area contributed by atoms with Crippen molar-refractivity contribution in [3.8, 4) is 5.75 Å². The van der Waals surface area contributed by atoms with Crippen LogP contribution < -0.4 is 10.2 Å². The minimum atomic E-state index is -4.02. The van der Waals surface area contributed by atoms with Gasteiger partial charge in [-0.15, -0.1) is 11.3 Å². The number of allylic oxidation sites excluding steroid dienone is 1. The van der Waals surface area contributed by atoms with Crippen LogP contribution in [0.1, 0.15) is 34.8 Å². The summed E-state index contributed by atoms with van der Waals surface area (Å²) in [5.74, 6) is -0.618. The van der Waals surface area contributed by atoms with Gasteiger partial charge in [0.05, 0.1) is 12.0 Å². The molecule has 0 aliphatic carbocycles. The van der Waals surface area contributed by atoms with Gasteiger partial charge in [0.15, 0.2) is 0 Å². The number of amides is 1. The molecule has 1 amide bonds. The normalized spacial score (nSPS) is 18.7. The third-order valence-electron chi connectivity index (χ3n) is 6.23. The lowest BCUT2D eigenvalue weighted by Crippen LogP contribution is -2.51. The van der Waals surface area contributed by atoms with Crippen LogP contribution in [0.15, 0.2) is 77.0 Å². The van der Waals surface area contributed by atoms with Gasteiger partial charge < -0.3 is 4.74 Å². The number of sulfonamides is 1. The van der Waals surface area contributed by atoms with Gasteiger partial charge in [0, 0.05) is 17.3 Å². The number of methoxy groups -OCH3 is 1. The first kappa shape index (κ1) is 25.1. The molecule has 4 rings (SSSR count). The lowest BCUT2D eigenvalue weighted by atomic mass is 9.87. The summed E-state index contributed by atoms with van der Waals surface area (Å²) in [6.07, 6.45) is 5.72. The smallest absolute Gasteiger partial charge is 0.262 e. The number of hydrogen-bond acceptors (Lipinski definition) is 6. The molecule has 2 unspecified atom stereocenters.